The van der Waals surface area contributed by atoms with Crippen molar-refractivity contribution in [2.24, 2.45) is 5.41 Å². The van der Waals surface area contributed by atoms with E-state index in [0.29, 0.717) is 11.9 Å². The molecule has 1 aliphatic heterocycles. The van der Waals surface area contributed by atoms with Crippen LogP contribution in [0.5, 0.6) is 0 Å². The van der Waals surface area contributed by atoms with Crippen LogP contribution in [0.3, 0.4) is 0 Å². The van der Waals surface area contributed by atoms with Gasteiger partial charge in [-0.1, -0.05) is 18.6 Å². The lowest BCUT2D eigenvalue weighted by Crippen LogP contribution is -2.47. The van der Waals surface area contributed by atoms with Crippen molar-refractivity contribution < 1.29 is 18.3 Å². The highest BCUT2D eigenvalue weighted by atomic mass is 19.4. The number of hydrogen-bond acceptors (Lipinski definition) is 3. The normalized spacial score (nSPS) is 27.4. The molecule has 6 heteroatoms. The van der Waals surface area contributed by atoms with Crippen molar-refractivity contribution in [3.63, 3.8) is 0 Å². The number of aromatic nitrogens is 1. The third-order valence-electron chi connectivity index (χ3n) is 5.86. The van der Waals surface area contributed by atoms with E-state index in [2.05, 4.69) is 9.88 Å². The average Bonchev–Trinajstić information content (AvgIpc) is 2.93. The summed E-state index contributed by atoms with van der Waals surface area (Å²) in [5, 5.41) is 11.0. The fourth-order valence-corrected chi connectivity index (χ4v) is 4.63. The molecule has 0 amide bonds. The van der Waals surface area contributed by atoms with Crippen molar-refractivity contribution in [2.45, 2.75) is 44.4 Å². The molecule has 1 spiro atoms. The first-order chi connectivity index (χ1) is 11.9. The Morgan fingerprint density at radius 3 is 2.68 bits per heavy atom. The molecule has 0 unspecified atom stereocenters. The zero-order valence-corrected chi connectivity index (χ0v) is 13.9. The highest BCUT2D eigenvalue weighted by Crippen LogP contribution is 2.46. The molecule has 1 N–H and O–H groups in total. The number of piperidine rings is 1. The van der Waals surface area contributed by atoms with E-state index in [-0.39, 0.29) is 17.0 Å². The van der Waals surface area contributed by atoms with Crippen LogP contribution in [0.4, 0.5) is 18.9 Å². The quantitative estimate of drug-likeness (QED) is 0.829. The van der Waals surface area contributed by atoms with Gasteiger partial charge in [0.15, 0.2) is 0 Å². The van der Waals surface area contributed by atoms with E-state index < -0.39 is 11.7 Å². The minimum Gasteiger partial charge on any atom is -0.392 e. The second-order valence-corrected chi connectivity index (χ2v) is 7.33. The molecule has 1 aliphatic carbocycles. The van der Waals surface area contributed by atoms with Gasteiger partial charge in [0.05, 0.1) is 17.2 Å². The molecular formula is C19H21F3N2O. The van der Waals surface area contributed by atoms with Gasteiger partial charge in [-0.3, -0.25) is 4.98 Å². The lowest BCUT2D eigenvalue weighted by Gasteiger charge is -2.44. The zero-order valence-electron chi connectivity index (χ0n) is 13.9. The number of benzene rings is 1. The number of aliphatic hydroxyl groups excluding tert-OH is 1. The maximum absolute atomic E-state index is 13.3. The van der Waals surface area contributed by atoms with E-state index in [9.17, 15) is 18.3 Å². The molecule has 2 aromatic rings. The van der Waals surface area contributed by atoms with Crippen LogP contribution >= 0.6 is 0 Å². The summed E-state index contributed by atoms with van der Waals surface area (Å²) in [4.78, 5) is 6.15. The minimum atomic E-state index is -4.42. The van der Waals surface area contributed by atoms with Crippen molar-refractivity contribution in [1.29, 1.82) is 0 Å². The predicted molar refractivity (Wildman–Crippen MR) is 90.5 cm³/mol. The number of anilines is 1. The number of rotatable bonds is 1. The smallest absolute Gasteiger partial charge is 0.392 e. The van der Waals surface area contributed by atoms with Gasteiger partial charge in [0.1, 0.15) is 0 Å². The monoisotopic (exact) mass is 350 g/mol. The van der Waals surface area contributed by atoms with Gasteiger partial charge in [0.25, 0.3) is 0 Å². The van der Waals surface area contributed by atoms with Gasteiger partial charge in [-0.15, -0.1) is 0 Å². The molecule has 4 rings (SSSR count). The van der Waals surface area contributed by atoms with Crippen LogP contribution in [0.1, 0.15) is 37.7 Å². The molecule has 1 aromatic heterocycles. The molecule has 2 aliphatic rings. The van der Waals surface area contributed by atoms with E-state index in [4.69, 9.17) is 0 Å². The second-order valence-electron chi connectivity index (χ2n) is 7.33. The third-order valence-corrected chi connectivity index (χ3v) is 5.86. The van der Waals surface area contributed by atoms with Crippen LogP contribution in [0.15, 0.2) is 30.5 Å². The summed E-state index contributed by atoms with van der Waals surface area (Å²) in [6, 6.07) is 6.03. The Labute approximate surface area is 144 Å². The SMILES string of the molecule is O[C@@H]1CCC[C@@]12CCCN(c1ccnc3c(C(F)(F)F)cccc13)C2. The van der Waals surface area contributed by atoms with Gasteiger partial charge < -0.3 is 10.0 Å². The summed E-state index contributed by atoms with van der Waals surface area (Å²) in [6.45, 7) is 1.49. The van der Waals surface area contributed by atoms with Crippen LogP contribution in [0, 0.1) is 5.41 Å². The molecule has 2 atom stereocenters. The number of pyridine rings is 1. The lowest BCUT2D eigenvalue weighted by atomic mass is 9.76. The molecule has 1 aromatic carbocycles. The van der Waals surface area contributed by atoms with Crippen molar-refractivity contribution in [1.82, 2.24) is 4.98 Å². The van der Waals surface area contributed by atoms with E-state index in [1.54, 1.807) is 12.1 Å². The summed E-state index contributed by atoms with van der Waals surface area (Å²) in [7, 11) is 0. The number of para-hydroxylation sites is 1. The highest BCUT2D eigenvalue weighted by Gasteiger charge is 2.45. The van der Waals surface area contributed by atoms with Crippen molar-refractivity contribution in [3.05, 3.63) is 36.0 Å². The number of halogens is 3. The summed E-state index contributed by atoms with van der Waals surface area (Å²) in [6.07, 6.45) is 1.49. The Morgan fingerprint density at radius 2 is 1.96 bits per heavy atom. The summed E-state index contributed by atoms with van der Waals surface area (Å²) in [5.74, 6) is 0. The molecule has 2 heterocycles. The molecule has 134 valence electrons. The summed E-state index contributed by atoms with van der Waals surface area (Å²) >= 11 is 0. The zero-order chi connectivity index (χ0) is 17.7. The van der Waals surface area contributed by atoms with Gasteiger partial charge in [-0.25, -0.2) is 0 Å². The van der Waals surface area contributed by atoms with Crippen LogP contribution in [0.2, 0.25) is 0 Å². The first-order valence-corrected chi connectivity index (χ1v) is 8.79. The molecule has 0 radical (unpaired) electrons. The third kappa shape index (κ3) is 2.76. The molecular weight excluding hydrogens is 329 g/mol. The fourth-order valence-electron chi connectivity index (χ4n) is 4.63. The molecule has 3 nitrogen and oxygen atoms in total. The lowest BCUT2D eigenvalue weighted by molar-refractivity contribution is -0.136. The van der Waals surface area contributed by atoms with E-state index in [1.807, 2.05) is 0 Å². The van der Waals surface area contributed by atoms with Gasteiger partial charge in [-0.05, 0) is 37.8 Å². The van der Waals surface area contributed by atoms with Crippen molar-refractivity contribution >= 4 is 16.6 Å². The average molecular weight is 350 g/mol. The minimum absolute atomic E-state index is 0.000839. The van der Waals surface area contributed by atoms with Gasteiger partial charge in [-0.2, -0.15) is 13.2 Å². The highest BCUT2D eigenvalue weighted by molar-refractivity contribution is 5.93. The number of aliphatic hydroxyl groups is 1. The summed E-state index contributed by atoms with van der Waals surface area (Å²) in [5.41, 5.74) is -0.0250. The van der Waals surface area contributed by atoms with Crippen LogP contribution < -0.4 is 4.90 Å². The Kier molecular flexibility index (Phi) is 3.90. The fraction of sp³-hybridized carbons (Fsp3) is 0.526. The van der Waals surface area contributed by atoms with Crippen molar-refractivity contribution in [3.8, 4) is 0 Å². The maximum atomic E-state index is 13.3. The number of hydrogen-bond donors (Lipinski definition) is 1. The van der Waals surface area contributed by atoms with Crippen LogP contribution in [-0.2, 0) is 6.18 Å². The second kappa shape index (κ2) is 5.87. The van der Waals surface area contributed by atoms with Gasteiger partial charge in [0.2, 0.25) is 0 Å². The number of alkyl halides is 3. The standard InChI is InChI=1S/C19H21F3N2O/c20-19(21,22)14-5-1-4-13-15(7-10-23-17(13)14)24-11-3-9-18(12-24)8-2-6-16(18)25/h1,4-5,7,10,16,25H,2-3,6,8-9,11-12H2/t16-,18+/m1/s1. The Bertz CT molecular complexity index is 792. The van der Waals surface area contributed by atoms with E-state index in [0.717, 1.165) is 50.4 Å². The molecule has 25 heavy (non-hydrogen) atoms. The summed E-state index contributed by atoms with van der Waals surface area (Å²) < 4.78 is 39.9. The van der Waals surface area contributed by atoms with Crippen molar-refractivity contribution in [2.75, 3.05) is 18.0 Å². The first-order valence-electron chi connectivity index (χ1n) is 8.79. The maximum Gasteiger partial charge on any atom is 0.418 e. The van der Waals surface area contributed by atoms with Crippen LogP contribution in [-0.4, -0.2) is 29.3 Å². The Morgan fingerprint density at radius 1 is 1.16 bits per heavy atom. The number of fused-ring (bicyclic) bond motifs is 1. The Hall–Kier alpha value is -1.82. The molecule has 0 bridgehead atoms. The van der Waals surface area contributed by atoms with Gasteiger partial charge in [0, 0.05) is 35.8 Å². The van der Waals surface area contributed by atoms with Crippen LogP contribution in [0.25, 0.3) is 10.9 Å². The molecule has 1 saturated carbocycles. The molecule has 2 fully saturated rings. The predicted octanol–water partition coefficient (Wildman–Crippen LogP) is 4.39. The topological polar surface area (TPSA) is 36.4 Å². The Balaban J connectivity index is 1.77. The van der Waals surface area contributed by atoms with E-state index >= 15 is 0 Å². The first kappa shape index (κ1) is 16.6. The largest absolute Gasteiger partial charge is 0.418 e. The van der Waals surface area contributed by atoms with E-state index in [1.165, 1.54) is 12.3 Å². The molecule has 1 saturated heterocycles. The van der Waals surface area contributed by atoms with Gasteiger partial charge >= 0.3 is 6.18 Å². The number of nitrogens with zero attached hydrogens (tertiary/aromatic N) is 2.